The summed E-state index contributed by atoms with van der Waals surface area (Å²) in [6.07, 6.45) is 0.0466. The van der Waals surface area contributed by atoms with E-state index >= 15 is 0 Å². The van der Waals surface area contributed by atoms with Crippen LogP contribution in [0, 0.1) is 11.2 Å². The van der Waals surface area contributed by atoms with Gasteiger partial charge in [0.05, 0.1) is 11.7 Å². The van der Waals surface area contributed by atoms with E-state index in [9.17, 15) is 19.4 Å². The lowest BCUT2D eigenvalue weighted by molar-refractivity contribution is -0.0689. The molecular formula is C13H16FNO3. The lowest BCUT2D eigenvalue weighted by Crippen LogP contribution is -2.61. The molecule has 2 unspecified atom stereocenters. The van der Waals surface area contributed by atoms with Crippen molar-refractivity contribution < 1.29 is 19.4 Å². The van der Waals surface area contributed by atoms with Crippen LogP contribution in [0.2, 0.25) is 0 Å². The number of aliphatic hydroxyl groups excluding tert-OH is 1. The third-order valence-electron chi connectivity index (χ3n) is 3.73. The molecule has 1 saturated carbocycles. The Labute approximate surface area is 104 Å². The Bertz CT molecular complexity index is 487. The second kappa shape index (κ2) is 4.24. The average Bonchev–Trinajstić information content (AvgIpc) is 2.28. The average molecular weight is 253 g/mol. The van der Waals surface area contributed by atoms with E-state index in [-0.39, 0.29) is 22.8 Å². The molecular weight excluding hydrogens is 237 g/mol. The largest absolute Gasteiger partial charge is 0.507 e. The summed E-state index contributed by atoms with van der Waals surface area (Å²) in [7, 11) is 0. The molecule has 0 aliphatic heterocycles. The highest BCUT2D eigenvalue weighted by Crippen LogP contribution is 2.40. The molecule has 98 valence electrons. The second-order valence-electron chi connectivity index (χ2n) is 5.26. The zero-order chi connectivity index (χ0) is 13.5. The van der Waals surface area contributed by atoms with Gasteiger partial charge in [0.2, 0.25) is 0 Å². The standard InChI is InChI=1S/C13H16FNO3/c1-13(2)10(6-11(13)17)15-12(18)8-4-3-7(14)5-9(8)16/h3-5,10-11,16-17H,6H2,1-2H3,(H,15,18). The van der Waals surface area contributed by atoms with Crippen LogP contribution in [0.25, 0.3) is 0 Å². The molecule has 0 spiro atoms. The minimum absolute atomic E-state index is 0.0357. The normalized spacial score (nSPS) is 25.3. The molecule has 18 heavy (non-hydrogen) atoms. The number of hydrogen-bond donors (Lipinski definition) is 3. The van der Waals surface area contributed by atoms with Crippen LogP contribution in [-0.4, -0.2) is 28.3 Å². The van der Waals surface area contributed by atoms with Gasteiger partial charge in [-0.1, -0.05) is 13.8 Å². The zero-order valence-electron chi connectivity index (χ0n) is 10.3. The molecule has 4 nitrogen and oxygen atoms in total. The first-order chi connectivity index (χ1) is 8.32. The van der Waals surface area contributed by atoms with Crippen LogP contribution in [0.1, 0.15) is 30.6 Å². The molecule has 0 saturated heterocycles. The van der Waals surface area contributed by atoms with Gasteiger partial charge in [-0.3, -0.25) is 4.79 Å². The number of phenolic OH excluding ortho intramolecular Hbond substituents is 1. The van der Waals surface area contributed by atoms with Gasteiger partial charge in [0.25, 0.3) is 5.91 Å². The Hall–Kier alpha value is -1.62. The van der Waals surface area contributed by atoms with E-state index in [0.717, 1.165) is 12.1 Å². The first-order valence-corrected chi connectivity index (χ1v) is 5.80. The van der Waals surface area contributed by atoms with Crippen LogP contribution in [0.3, 0.4) is 0 Å². The highest BCUT2D eigenvalue weighted by atomic mass is 19.1. The highest BCUT2D eigenvalue weighted by Gasteiger charge is 2.48. The second-order valence-corrected chi connectivity index (χ2v) is 5.26. The molecule has 1 aromatic carbocycles. The maximum atomic E-state index is 12.8. The molecule has 0 radical (unpaired) electrons. The van der Waals surface area contributed by atoms with Crippen molar-refractivity contribution in [3.05, 3.63) is 29.6 Å². The van der Waals surface area contributed by atoms with Gasteiger partial charge in [-0.15, -0.1) is 0 Å². The molecule has 1 fully saturated rings. The Balaban J connectivity index is 2.09. The summed E-state index contributed by atoms with van der Waals surface area (Å²) in [5.74, 6) is -1.44. The predicted octanol–water partition coefficient (Wildman–Crippen LogP) is 1.42. The van der Waals surface area contributed by atoms with Gasteiger partial charge in [0, 0.05) is 17.5 Å². The van der Waals surface area contributed by atoms with Crippen molar-refractivity contribution in [1.29, 1.82) is 0 Å². The molecule has 0 heterocycles. The smallest absolute Gasteiger partial charge is 0.255 e. The summed E-state index contributed by atoms with van der Waals surface area (Å²) >= 11 is 0. The van der Waals surface area contributed by atoms with E-state index in [1.165, 1.54) is 6.07 Å². The van der Waals surface area contributed by atoms with Crippen molar-refractivity contribution in [2.24, 2.45) is 5.41 Å². The molecule has 2 atom stereocenters. The Kier molecular flexibility index (Phi) is 3.02. The maximum absolute atomic E-state index is 12.8. The van der Waals surface area contributed by atoms with E-state index < -0.39 is 17.8 Å². The van der Waals surface area contributed by atoms with Gasteiger partial charge >= 0.3 is 0 Å². The van der Waals surface area contributed by atoms with Crippen molar-refractivity contribution in [3.63, 3.8) is 0 Å². The van der Waals surface area contributed by atoms with Crippen molar-refractivity contribution in [2.75, 3.05) is 0 Å². The van der Waals surface area contributed by atoms with Gasteiger partial charge < -0.3 is 15.5 Å². The molecule has 1 aliphatic rings. The number of aliphatic hydroxyl groups is 1. The molecule has 0 bridgehead atoms. The Morgan fingerprint density at radius 3 is 2.67 bits per heavy atom. The van der Waals surface area contributed by atoms with E-state index in [0.29, 0.717) is 6.42 Å². The van der Waals surface area contributed by atoms with Gasteiger partial charge in [-0.2, -0.15) is 0 Å². The van der Waals surface area contributed by atoms with Crippen LogP contribution >= 0.6 is 0 Å². The summed E-state index contributed by atoms with van der Waals surface area (Å²) in [6.45, 7) is 3.72. The number of hydrogen-bond acceptors (Lipinski definition) is 3. The van der Waals surface area contributed by atoms with Crippen molar-refractivity contribution in [2.45, 2.75) is 32.4 Å². The van der Waals surface area contributed by atoms with Gasteiger partial charge in [0.15, 0.2) is 0 Å². The van der Waals surface area contributed by atoms with Crippen LogP contribution < -0.4 is 5.32 Å². The topological polar surface area (TPSA) is 69.6 Å². The molecule has 1 aliphatic carbocycles. The fraction of sp³-hybridized carbons (Fsp3) is 0.462. The van der Waals surface area contributed by atoms with E-state index in [2.05, 4.69) is 5.32 Å². The fourth-order valence-electron chi connectivity index (χ4n) is 2.08. The van der Waals surface area contributed by atoms with Gasteiger partial charge in [-0.25, -0.2) is 4.39 Å². The zero-order valence-corrected chi connectivity index (χ0v) is 10.3. The number of nitrogens with one attached hydrogen (secondary N) is 1. The summed E-state index contributed by atoms with van der Waals surface area (Å²) in [5.41, 5.74) is -0.348. The number of phenols is 1. The predicted molar refractivity (Wildman–Crippen MR) is 63.7 cm³/mol. The Morgan fingerprint density at radius 1 is 1.50 bits per heavy atom. The van der Waals surface area contributed by atoms with Crippen LogP contribution in [0.4, 0.5) is 4.39 Å². The molecule has 5 heteroatoms. The maximum Gasteiger partial charge on any atom is 0.255 e. The van der Waals surface area contributed by atoms with E-state index in [4.69, 9.17) is 0 Å². The van der Waals surface area contributed by atoms with Gasteiger partial charge in [0.1, 0.15) is 11.6 Å². The van der Waals surface area contributed by atoms with E-state index in [1.807, 2.05) is 13.8 Å². The first-order valence-electron chi connectivity index (χ1n) is 5.80. The minimum Gasteiger partial charge on any atom is -0.507 e. The lowest BCUT2D eigenvalue weighted by atomic mass is 9.64. The third-order valence-corrected chi connectivity index (χ3v) is 3.73. The quantitative estimate of drug-likeness (QED) is 0.746. The number of benzene rings is 1. The molecule has 2 rings (SSSR count). The number of carbonyl (C=O) groups is 1. The molecule has 3 N–H and O–H groups in total. The number of aromatic hydroxyl groups is 1. The number of carbonyl (C=O) groups excluding carboxylic acids is 1. The highest BCUT2D eigenvalue weighted by molar-refractivity contribution is 5.97. The summed E-state index contributed by atoms with van der Waals surface area (Å²) in [4.78, 5) is 11.9. The third kappa shape index (κ3) is 2.06. The number of halogens is 1. The monoisotopic (exact) mass is 253 g/mol. The van der Waals surface area contributed by atoms with Crippen LogP contribution in [0.5, 0.6) is 5.75 Å². The molecule has 0 aromatic heterocycles. The number of amides is 1. The fourth-order valence-corrected chi connectivity index (χ4v) is 2.08. The minimum atomic E-state index is -0.594. The Morgan fingerprint density at radius 2 is 2.17 bits per heavy atom. The van der Waals surface area contributed by atoms with Crippen molar-refractivity contribution in [3.8, 4) is 5.75 Å². The summed E-state index contributed by atoms with van der Waals surface area (Å²) in [5, 5.41) is 21.8. The summed E-state index contributed by atoms with van der Waals surface area (Å²) in [6, 6.07) is 3.11. The number of rotatable bonds is 2. The van der Waals surface area contributed by atoms with Crippen LogP contribution in [0.15, 0.2) is 18.2 Å². The first kappa shape index (κ1) is 12.8. The van der Waals surface area contributed by atoms with Gasteiger partial charge in [-0.05, 0) is 18.6 Å². The summed E-state index contributed by atoms with van der Waals surface area (Å²) < 4.78 is 12.8. The van der Waals surface area contributed by atoms with Crippen molar-refractivity contribution >= 4 is 5.91 Å². The van der Waals surface area contributed by atoms with Crippen molar-refractivity contribution in [1.82, 2.24) is 5.32 Å². The van der Waals surface area contributed by atoms with Crippen LogP contribution in [-0.2, 0) is 0 Å². The lowest BCUT2D eigenvalue weighted by Gasteiger charge is -2.49. The van der Waals surface area contributed by atoms with E-state index in [1.54, 1.807) is 0 Å². The molecule has 1 amide bonds. The molecule has 1 aromatic rings. The SMILES string of the molecule is CC1(C)C(O)CC1NC(=O)c1ccc(F)cc1O.